The summed E-state index contributed by atoms with van der Waals surface area (Å²) in [5, 5.41) is 3.20. The average Bonchev–Trinajstić information content (AvgIpc) is 3.24. The number of fused-ring (bicyclic) bond motifs is 1. The molecule has 0 atom stereocenters. The lowest BCUT2D eigenvalue weighted by Crippen LogP contribution is -2.38. The molecule has 0 radical (unpaired) electrons. The highest BCUT2D eigenvalue weighted by Gasteiger charge is 2.38. The van der Waals surface area contributed by atoms with Crippen LogP contribution >= 0.6 is 23.2 Å². The van der Waals surface area contributed by atoms with Gasteiger partial charge in [0.05, 0.1) is 22.7 Å². The predicted octanol–water partition coefficient (Wildman–Crippen LogP) is 5.93. The number of aromatic nitrogens is 1. The van der Waals surface area contributed by atoms with Crippen LogP contribution in [0, 0.1) is 5.82 Å². The first-order valence-corrected chi connectivity index (χ1v) is 12.6. The van der Waals surface area contributed by atoms with Gasteiger partial charge in [0.15, 0.2) is 0 Å². The molecule has 38 heavy (non-hydrogen) atoms. The number of halogens is 6. The van der Waals surface area contributed by atoms with Gasteiger partial charge in [-0.1, -0.05) is 35.3 Å². The van der Waals surface area contributed by atoms with E-state index in [2.05, 4.69) is 0 Å². The van der Waals surface area contributed by atoms with Crippen LogP contribution in [0.3, 0.4) is 0 Å². The second kappa shape index (κ2) is 11.5. The molecule has 2 heterocycles. The molecule has 0 aliphatic carbocycles. The average molecular weight is 574 g/mol. The molecule has 2 aromatic carbocycles. The van der Waals surface area contributed by atoms with Crippen molar-refractivity contribution < 1.29 is 31.9 Å². The Labute approximate surface area is 226 Å². The van der Waals surface area contributed by atoms with Gasteiger partial charge in [-0.3, -0.25) is 9.59 Å². The number of likely N-dealkylation sites (tertiary alicyclic amines) is 1. The van der Waals surface area contributed by atoms with Crippen LogP contribution in [0.4, 0.5) is 17.6 Å². The van der Waals surface area contributed by atoms with E-state index in [-0.39, 0.29) is 18.4 Å². The van der Waals surface area contributed by atoms with Crippen molar-refractivity contribution in [3.8, 4) is 0 Å². The molecule has 3 aromatic rings. The molecule has 1 fully saturated rings. The Balaban J connectivity index is 1.48. The summed E-state index contributed by atoms with van der Waals surface area (Å²) in [7, 11) is 1.58. The summed E-state index contributed by atoms with van der Waals surface area (Å²) >= 11 is 12.7. The zero-order valence-corrected chi connectivity index (χ0v) is 21.9. The molecule has 0 bridgehead atoms. The Morgan fingerprint density at radius 3 is 2.50 bits per heavy atom. The number of rotatable bonds is 7. The number of piperidine rings is 1. The number of carbonyl (C=O) groups excluding carboxylic acids is 2. The number of alkyl halides is 3. The fourth-order valence-electron chi connectivity index (χ4n) is 4.74. The second-order valence-corrected chi connectivity index (χ2v) is 9.96. The van der Waals surface area contributed by atoms with E-state index in [9.17, 15) is 27.2 Å². The number of amides is 2. The predicted molar refractivity (Wildman–Crippen MR) is 136 cm³/mol. The molecule has 0 unspecified atom stereocenters. The minimum atomic E-state index is -4.99. The summed E-state index contributed by atoms with van der Waals surface area (Å²) in [6.07, 6.45) is -2.33. The molecule has 6 nitrogen and oxygen atoms in total. The molecule has 1 aromatic heterocycles. The zero-order chi connectivity index (χ0) is 27.6. The fourth-order valence-corrected chi connectivity index (χ4v) is 5.33. The monoisotopic (exact) mass is 573 g/mol. The third-order valence-electron chi connectivity index (χ3n) is 6.66. The summed E-state index contributed by atoms with van der Waals surface area (Å²) in [6.45, 7) is 1.26. The van der Waals surface area contributed by atoms with E-state index in [1.807, 2.05) is 4.57 Å². The second-order valence-electron chi connectivity index (χ2n) is 9.11. The van der Waals surface area contributed by atoms with Crippen LogP contribution in [0.1, 0.15) is 40.2 Å². The van der Waals surface area contributed by atoms with Crippen molar-refractivity contribution in [2.45, 2.75) is 38.0 Å². The van der Waals surface area contributed by atoms with Gasteiger partial charge < -0.3 is 19.5 Å². The largest absolute Gasteiger partial charge is 0.471 e. The van der Waals surface area contributed by atoms with E-state index >= 15 is 0 Å². The van der Waals surface area contributed by atoms with E-state index < -0.39 is 17.9 Å². The number of hydrogen-bond acceptors (Lipinski definition) is 3. The Hall–Kier alpha value is -2.82. The van der Waals surface area contributed by atoms with Gasteiger partial charge in [-0.25, -0.2) is 4.39 Å². The molecule has 0 saturated carbocycles. The molecule has 0 spiro atoms. The standard InChI is InChI=1S/C26H25Cl2F4N3O3/c1-38-9-8-35-14-19(23-20(28)11-17(27)12-22(23)35)24(36)34-6-4-16(5-7-34)18-10-15(2-3-21(18)29)13-33-25(37)26(30,31)32/h2-3,10-12,14,16H,4-9,13H2,1H3,(H,33,37). The van der Waals surface area contributed by atoms with Crippen molar-refractivity contribution >= 4 is 45.9 Å². The van der Waals surface area contributed by atoms with E-state index in [4.69, 9.17) is 27.9 Å². The van der Waals surface area contributed by atoms with Gasteiger partial charge in [-0.15, -0.1) is 0 Å². The molecule has 2 amide bonds. The molecule has 1 saturated heterocycles. The number of methoxy groups -OCH3 is 1. The molecule has 1 aliphatic heterocycles. The van der Waals surface area contributed by atoms with Crippen LogP contribution in [-0.2, 0) is 22.6 Å². The molecule has 204 valence electrons. The Kier molecular flexibility index (Phi) is 8.54. The highest BCUT2D eigenvalue weighted by molar-refractivity contribution is 6.39. The summed E-state index contributed by atoms with van der Waals surface area (Å²) in [5.74, 6) is -2.98. The van der Waals surface area contributed by atoms with Crippen LogP contribution in [0.2, 0.25) is 10.0 Å². The summed E-state index contributed by atoms with van der Waals surface area (Å²) in [4.78, 5) is 26.3. The van der Waals surface area contributed by atoms with Gasteiger partial charge in [-0.05, 0) is 48.1 Å². The highest BCUT2D eigenvalue weighted by Crippen LogP contribution is 2.35. The first kappa shape index (κ1) is 28.2. The molecule has 1 N–H and O–H groups in total. The van der Waals surface area contributed by atoms with Crippen LogP contribution in [0.15, 0.2) is 36.5 Å². The Morgan fingerprint density at radius 2 is 1.84 bits per heavy atom. The lowest BCUT2D eigenvalue weighted by Gasteiger charge is -2.32. The lowest BCUT2D eigenvalue weighted by molar-refractivity contribution is -0.173. The quantitative estimate of drug-likeness (QED) is 0.356. The van der Waals surface area contributed by atoms with Crippen LogP contribution in [0.5, 0.6) is 0 Å². The van der Waals surface area contributed by atoms with Crippen LogP contribution in [-0.4, -0.2) is 54.3 Å². The maximum absolute atomic E-state index is 14.6. The van der Waals surface area contributed by atoms with Crippen molar-refractivity contribution in [1.29, 1.82) is 0 Å². The first-order chi connectivity index (χ1) is 18.0. The van der Waals surface area contributed by atoms with Gasteiger partial charge in [0.2, 0.25) is 0 Å². The van der Waals surface area contributed by atoms with Crippen LogP contribution in [0.25, 0.3) is 10.9 Å². The van der Waals surface area contributed by atoms with Gasteiger partial charge in [0.1, 0.15) is 5.82 Å². The topological polar surface area (TPSA) is 63.6 Å². The van der Waals surface area contributed by atoms with E-state index in [0.717, 1.165) is 0 Å². The van der Waals surface area contributed by atoms with Gasteiger partial charge >= 0.3 is 12.1 Å². The minimum Gasteiger partial charge on any atom is -0.383 e. The van der Waals surface area contributed by atoms with Crippen molar-refractivity contribution in [1.82, 2.24) is 14.8 Å². The number of ether oxygens (including phenoxy) is 1. The van der Waals surface area contributed by atoms with Crippen molar-refractivity contribution in [2.24, 2.45) is 0 Å². The third kappa shape index (κ3) is 6.08. The number of nitrogens with one attached hydrogen (secondary N) is 1. The molecule has 1 aliphatic rings. The van der Waals surface area contributed by atoms with E-state index in [0.29, 0.717) is 76.7 Å². The number of nitrogens with zero attached hydrogens (tertiary/aromatic N) is 2. The van der Waals surface area contributed by atoms with Crippen molar-refractivity contribution in [3.05, 3.63) is 69.1 Å². The Bertz CT molecular complexity index is 1350. The highest BCUT2D eigenvalue weighted by atomic mass is 35.5. The van der Waals surface area contributed by atoms with Gasteiger partial charge in [-0.2, -0.15) is 13.2 Å². The third-order valence-corrected chi connectivity index (χ3v) is 7.17. The number of hydrogen-bond donors (Lipinski definition) is 1. The van der Waals surface area contributed by atoms with E-state index in [1.54, 1.807) is 35.7 Å². The van der Waals surface area contributed by atoms with Crippen molar-refractivity contribution in [2.75, 3.05) is 26.8 Å². The smallest absolute Gasteiger partial charge is 0.383 e. The summed E-state index contributed by atoms with van der Waals surface area (Å²) in [5.41, 5.74) is 1.86. The lowest BCUT2D eigenvalue weighted by atomic mass is 9.88. The fraction of sp³-hybridized carbons (Fsp3) is 0.385. The maximum atomic E-state index is 14.6. The van der Waals surface area contributed by atoms with Crippen molar-refractivity contribution in [3.63, 3.8) is 0 Å². The molecule has 4 rings (SSSR count). The molecular formula is C26H25Cl2F4N3O3. The normalized spacial score (nSPS) is 14.8. The molecule has 12 heteroatoms. The first-order valence-electron chi connectivity index (χ1n) is 11.9. The van der Waals surface area contributed by atoms with Crippen LogP contribution < -0.4 is 5.32 Å². The summed E-state index contributed by atoms with van der Waals surface area (Å²) in [6, 6.07) is 7.32. The van der Waals surface area contributed by atoms with Gasteiger partial charge in [0.25, 0.3) is 5.91 Å². The minimum absolute atomic E-state index is 0.210. The number of benzene rings is 2. The maximum Gasteiger partial charge on any atom is 0.471 e. The zero-order valence-electron chi connectivity index (χ0n) is 20.4. The van der Waals surface area contributed by atoms with Gasteiger partial charge in [0, 0.05) is 49.9 Å². The van der Waals surface area contributed by atoms with E-state index in [1.165, 1.54) is 18.2 Å². The Morgan fingerprint density at radius 1 is 1.13 bits per heavy atom. The number of carbonyl (C=O) groups is 2. The molecular weight excluding hydrogens is 549 g/mol. The SMILES string of the molecule is COCCn1cc(C(=O)N2CCC(c3cc(CNC(=O)C(F)(F)F)ccc3F)CC2)c2c(Cl)cc(Cl)cc21. The summed E-state index contributed by atoms with van der Waals surface area (Å²) < 4.78 is 59.1.